The van der Waals surface area contributed by atoms with Crippen LogP contribution in [0, 0.1) is 0 Å². The normalized spacial score (nSPS) is 24.3. The third-order valence-corrected chi connectivity index (χ3v) is 3.86. The molecule has 96 valence electrons. The van der Waals surface area contributed by atoms with E-state index in [9.17, 15) is 0 Å². The summed E-state index contributed by atoms with van der Waals surface area (Å²) in [5.41, 5.74) is 0.899. The summed E-state index contributed by atoms with van der Waals surface area (Å²) in [5.74, 6) is 0.953. The Morgan fingerprint density at radius 1 is 1.17 bits per heavy atom. The summed E-state index contributed by atoms with van der Waals surface area (Å²) in [6.45, 7) is 0. The van der Waals surface area contributed by atoms with Gasteiger partial charge < -0.3 is 15.1 Å². The number of anilines is 1. The van der Waals surface area contributed by atoms with Crippen LogP contribution in [0.4, 0.5) is 5.82 Å². The second kappa shape index (κ2) is 4.98. The molecular weight excluding hydrogens is 226 g/mol. The molecule has 2 aromatic heterocycles. The number of nitrogens with one attached hydrogen (secondary N) is 2. The first kappa shape index (κ1) is 11.5. The van der Waals surface area contributed by atoms with Gasteiger partial charge in [-0.2, -0.15) is 0 Å². The van der Waals surface area contributed by atoms with E-state index >= 15 is 0 Å². The van der Waals surface area contributed by atoms with Crippen LogP contribution in [0.5, 0.6) is 0 Å². The number of rotatable bonds is 3. The van der Waals surface area contributed by atoms with Crippen molar-refractivity contribution in [3.63, 3.8) is 0 Å². The Labute approximate surface area is 107 Å². The summed E-state index contributed by atoms with van der Waals surface area (Å²) >= 11 is 0. The van der Waals surface area contributed by atoms with Crippen LogP contribution >= 0.6 is 0 Å². The number of nitrogens with zero attached hydrogens (tertiary/aromatic N) is 1. The fourth-order valence-electron chi connectivity index (χ4n) is 2.73. The molecule has 0 radical (unpaired) electrons. The van der Waals surface area contributed by atoms with Gasteiger partial charge in [0.15, 0.2) is 0 Å². The zero-order chi connectivity index (χ0) is 12.4. The van der Waals surface area contributed by atoms with Crippen LogP contribution < -0.4 is 10.6 Å². The number of fused-ring (bicyclic) bond motifs is 1. The van der Waals surface area contributed by atoms with Crippen molar-refractivity contribution in [2.45, 2.75) is 37.8 Å². The number of hydrogen-bond acceptors (Lipinski definition) is 4. The largest absolute Gasteiger partial charge is 0.464 e. The molecule has 2 heterocycles. The smallest absolute Gasteiger partial charge is 0.139 e. The van der Waals surface area contributed by atoms with E-state index in [4.69, 9.17) is 4.42 Å². The van der Waals surface area contributed by atoms with Crippen molar-refractivity contribution in [2.75, 3.05) is 12.4 Å². The zero-order valence-corrected chi connectivity index (χ0v) is 10.6. The molecule has 0 saturated heterocycles. The molecule has 1 aliphatic carbocycles. The van der Waals surface area contributed by atoms with E-state index in [2.05, 4.69) is 15.6 Å². The van der Waals surface area contributed by atoms with Crippen molar-refractivity contribution in [1.82, 2.24) is 10.3 Å². The van der Waals surface area contributed by atoms with Gasteiger partial charge in [0.05, 0.1) is 11.6 Å². The van der Waals surface area contributed by atoms with Gasteiger partial charge in [0.25, 0.3) is 0 Å². The lowest BCUT2D eigenvalue weighted by Gasteiger charge is -2.29. The van der Waals surface area contributed by atoms with Crippen LogP contribution in [0.15, 0.2) is 29.0 Å². The molecule has 18 heavy (non-hydrogen) atoms. The topological polar surface area (TPSA) is 50.1 Å². The second-order valence-electron chi connectivity index (χ2n) is 4.97. The van der Waals surface area contributed by atoms with Crippen molar-refractivity contribution < 1.29 is 4.42 Å². The average Bonchev–Trinajstić information content (AvgIpc) is 2.89. The SMILES string of the molecule is CNC1CCC(Nc2nccc3occc23)CC1. The Morgan fingerprint density at radius 3 is 2.72 bits per heavy atom. The van der Waals surface area contributed by atoms with E-state index in [0.717, 1.165) is 16.8 Å². The first-order valence-corrected chi connectivity index (χ1v) is 6.63. The average molecular weight is 245 g/mol. The maximum Gasteiger partial charge on any atom is 0.139 e. The monoisotopic (exact) mass is 245 g/mol. The molecular formula is C14H19N3O. The lowest BCUT2D eigenvalue weighted by atomic mass is 9.91. The van der Waals surface area contributed by atoms with Crippen LogP contribution in [0.3, 0.4) is 0 Å². The molecule has 3 rings (SSSR count). The second-order valence-corrected chi connectivity index (χ2v) is 4.97. The maximum atomic E-state index is 5.39. The van der Waals surface area contributed by atoms with Gasteiger partial charge in [-0.05, 0) is 44.9 Å². The minimum atomic E-state index is 0.530. The molecule has 1 aliphatic rings. The molecule has 2 N–H and O–H groups in total. The Bertz CT molecular complexity index is 514. The van der Waals surface area contributed by atoms with Crippen LogP contribution in [-0.2, 0) is 0 Å². The third kappa shape index (κ3) is 2.20. The van der Waals surface area contributed by atoms with Gasteiger partial charge in [-0.25, -0.2) is 4.98 Å². The Kier molecular flexibility index (Phi) is 3.19. The highest BCUT2D eigenvalue weighted by Gasteiger charge is 2.20. The minimum Gasteiger partial charge on any atom is -0.464 e. The molecule has 1 saturated carbocycles. The Balaban J connectivity index is 1.71. The predicted molar refractivity (Wildman–Crippen MR) is 72.7 cm³/mol. The van der Waals surface area contributed by atoms with Crippen molar-refractivity contribution in [3.8, 4) is 0 Å². The lowest BCUT2D eigenvalue weighted by molar-refractivity contribution is 0.371. The molecule has 0 spiro atoms. The standard InChI is InChI=1S/C14H19N3O/c1-15-10-2-4-11(5-3-10)17-14-12-7-9-18-13(12)6-8-16-14/h6-11,15H,2-5H2,1H3,(H,16,17). The van der Waals surface area contributed by atoms with E-state index < -0.39 is 0 Å². The highest BCUT2D eigenvalue weighted by Crippen LogP contribution is 2.26. The summed E-state index contributed by atoms with van der Waals surface area (Å²) in [7, 11) is 2.05. The molecule has 2 aromatic rings. The molecule has 4 nitrogen and oxygen atoms in total. The van der Waals surface area contributed by atoms with Crippen LogP contribution in [-0.4, -0.2) is 24.1 Å². The molecule has 0 amide bonds. The van der Waals surface area contributed by atoms with Gasteiger partial charge in [0.2, 0.25) is 0 Å². The lowest BCUT2D eigenvalue weighted by Crippen LogP contribution is -2.35. The number of aromatic nitrogens is 1. The van der Waals surface area contributed by atoms with Gasteiger partial charge in [-0.1, -0.05) is 0 Å². The molecule has 0 aliphatic heterocycles. The van der Waals surface area contributed by atoms with Gasteiger partial charge >= 0.3 is 0 Å². The summed E-state index contributed by atoms with van der Waals surface area (Å²) in [6, 6.07) is 5.09. The van der Waals surface area contributed by atoms with Crippen molar-refractivity contribution in [1.29, 1.82) is 0 Å². The van der Waals surface area contributed by atoms with E-state index in [1.165, 1.54) is 25.7 Å². The maximum absolute atomic E-state index is 5.39. The van der Waals surface area contributed by atoms with Crippen molar-refractivity contribution in [2.24, 2.45) is 0 Å². The molecule has 0 atom stereocenters. The number of hydrogen-bond donors (Lipinski definition) is 2. The summed E-state index contributed by atoms with van der Waals surface area (Å²) in [4.78, 5) is 4.43. The highest BCUT2D eigenvalue weighted by molar-refractivity contribution is 5.87. The van der Waals surface area contributed by atoms with Gasteiger partial charge in [-0.3, -0.25) is 0 Å². The molecule has 0 unspecified atom stereocenters. The van der Waals surface area contributed by atoms with Gasteiger partial charge in [-0.15, -0.1) is 0 Å². The summed E-state index contributed by atoms with van der Waals surface area (Å²) in [5, 5.41) is 7.99. The Hall–Kier alpha value is -1.55. The fraction of sp³-hybridized carbons (Fsp3) is 0.500. The van der Waals surface area contributed by atoms with E-state index in [-0.39, 0.29) is 0 Å². The number of furan rings is 1. The molecule has 0 bridgehead atoms. The Morgan fingerprint density at radius 2 is 1.94 bits per heavy atom. The van der Waals surface area contributed by atoms with Crippen LogP contribution in [0.1, 0.15) is 25.7 Å². The number of pyridine rings is 1. The summed E-state index contributed by atoms with van der Waals surface area (Å²) in [6.07, 6.45) is 8.37. The van der Waals surface area contributed by atoms with E-state index in [1.54, 1.807) is 12.5 Å². The van der Waals surface area contributed by atoms with Gasteiger partial charge in [0.1, 0.15) is 11.4 Å². The van der Waals surface area contributed by atoms with E-state index in [1.807, 2.05) is 19.2 Å². The van der Waals surface area contributed by atoms with Gasteiger partial charge in [0, 0.05) is 18.3 Å². The summed E-state index contributed by atoms with van der Waals surface area (Å²) < 4.78 is 5.39. The first-order chi connectivity index (χ1) is 8.86. The predicted octanol–water partition coefficient (Wildman–Crippen LogP) is 2.77. The van der Waals surface area contributed by atoms with E-state index in [0.29, 0.717) is 12.1 Å². The van der Waals surface area contributed by atoms with Crippen LogP contribution in [0.2, 0.25) is 0 Å². The van der Waals surface area contributed by atoms with Crippen molar-refractivity contribution >= 4 is 16.8 Å². The first-order valence-electron chi connectivity index (χ1n) is 6.63. The fourth-order valence-corrected chi connectivity index (χ4v) is 2.73. The minimum absolute atomic E-state index is 0.530. The molecule has 0 aromatic carbocycles. The third-order valence-electron chi connectivity index (χ3n) is 3.86. The van der Waals surface area contributed by atoms with Crippen LogP contribution in [0.25, 0.3) is 11.0 Å². The molecule has 1 fully saturated rings. The molecule has 4 heteroatoms. The quantitative estimate of drug-likeness (QED) is 0.873. The zero-order valence-electron chi connectivity index (χ0n) is 10.6. The highest BCUT2D eigenvalue weighted by atomic mass is 16.3. The van der Waals surface area contributed by atoms with Crippen molar-refractivity contribution in [3.05, 3.63) is 24.6 Å².